The van der Waals surface area contributed by atoms with Gasteiger partial charge in [-0.05, 0) is 51.2 Å². The van der Waals surface area contributed by atoms with E-state index in [-0.39, 0.29) is 42.5 Å². The maximum Gasteiger partial charge on any atom is 0.408 e. The van der Waals surface area contributed by atoms with Crippen LogP contribution in [0.5, 0.6) is 5.75 Å². The van der Waals surface area contributed by atoms with Crippen molar-refractivity contribution in [3.63, 3.8) is 0 Å². The minimum atomic E-state index is -4.44. The number of rotatable bonds is 8. The molecule has 0 amide bonds. The third-order valence-electron chi connectivity index (χ3n) is 6.98. The number of methoxy groups -OCH3 is 1. The summed E-state index contributed by atoms with van der Waals surface area (Å²) >= 11 is 0. The van der Waals surface area contributed by atoms with Gasteiger partial charge in [0.1, 0.15) is 29.1 Å². The van der Waals surface area contributed by atoms with E-state index in [1.807, 2.05) is 50.2 Å². The lowest BCUT2D eigenvalue weighted by Gasteiger charge is -2.30. The number of hydrogen-bond acceptors (Lipinski definition) is 7. The molecular formula is C27H33Cl2F3N6O2. The van der Waals surface area contributed by atoms with E-state index in [1.165, 1.54) is 17.2 Å². The molecule has 3 atom stereocenters. The van der Waals surface area contributed by atoms with Crippen molar-refractivity contribution in [1.29, 1.82) is 0 Å². The van der Waals surface area contributed by atoms with Gasteiger partial charge in [0.2, 0.25) is 0 Å². The van der Waals surface area contributed by atoms with Gasteiger partial charge < -0.3 is 14.4 Å². The first kappa shape index (κ1) is 31.8. The Morgan fingerprint density at radius 3 is 2.52 bits per heavy atom. The number of hydrogen-bond donors (Lipinski definition) is 0. The summed E-state index contributed by atoms with van der Waals surface area (Å²) in [6.45, 7) is 3.04. The van der Waals surface area contributed by atoms with E-state index in [0.717, 1.165) is 5.39 Å². The topological polar surface area (TPSA) is 68.0 Å². The van der Waals surface area contributed by atoms with E-state index >= 15 is 0 Å². The number of likely N-dealkylation sites (tertiary alicyclic amines) is 1. The highest BCUT2D eigenvalue weighted by Crippen LogP contribution is 2.40. The van der Waals surface area contributed by atoms with Crippen LogP contribution in [-0.2, 0) is 4.74 Å². The molecular weight excluding hydrogens is 568 g/mol. The lowest BCUT2D eigenvalue weighted by molar-refractivity contribution is -0.184. The minimum absolute atomic E-state index is 0. The smallest absolute Gasteiger partial charge is 0.408 e. The van der Waals surface area contributed by atoms with Crippen LogP contribution in [0.1, 0.15) is 24.9 Å². The van der Waals surface area contributed by atoms with E-state index in [9.17, 15) is 13.2 Å². The summed E-state index contributed by atoms with van der Waals surface area (Å²) in [5, 5.41) is 9.33. The van der Waals surface area contributed by atoms with Crippen molar-refractivity contribution < 1.29 is 22.6 Å². The van der Waals surface area contributed by atoms with E-state index in [0.29, 0.717) is 54.5 Å². The van der Waals surface area contributed by atoms with Gasteiger partial charge in [0.25, 0.3) is 0 Å². The van der Waals surface area contributed by atoms with E-state index in [2.05, 4.69) is 10.2 Å². The second kappa shape index (κ2) is 12.9. The van der Waals surface area contributed by atoms with Gasteiger partial charge in [-0.3, -0.25) is 9.30 Å². The number of para-hydroxylation sites is 1. The molecule has 2 unspecified atom stereocenters. The highest BCUT2D eigenvalue weighted by Gasteiger charge is 2.47. The Bertz CT molecular complexity index is 1430. The van der Waals surface area contributed by atoms with E-state index < -0.39 is 12.2 Å². The fourth-order valence-corrected chi connectivity index (χ4v) is 5.10. The highest BCUT2D eigenvalue weighted by molar-refractivity contribution is 5.86. The number of aromatic nitrogens is 4. The number of likely N-dealkylation sites (N-methyl/N-ethyl adjacent to an activating group) is 1. The summed E-state index contributed by atoms with van der Waals surface area (Å²) in [7, 11) is 5.41. The lowest BCUT2D eigenvalue weighted by Crippen LogP contribution is -2.39. The largest absolute Gasteiger partial charge is 0.486 e. The maximum absolute atomic E-state index is 14.4. The summed E-state index contributed by atoms with van der Waals surface area (Å²) in [5.41, 5.74) is 1.69. The monoisotopic (exact) mass is 600 g/mol. The number of ether oxygens (including phenoxy) is 2. The average molecular weight is 602 g/mol. The van der Waals surface area contributed by atoms with Crippen molar-refractivity contribution >= 4 is 41.4 Å². The Kier molecular flexibility index (Phi) is 10.2. The van der Waals surface area contributed by atoms with Crippen molar-refractivity contribution in [3.8, 4) is 17.3 Å². The molecule has 1 aliphatic heterocycles. The first-order valence-corrected chi connectivity index (χ1v) is 12.5. The van der Waals surface area contributed by atoms with Gasteiger partial charge in [-0.15, -0.1) is 35.0 Å². The molecule has 4 heterocycles. The number of pyridine rings is 2. The van der Waals surface area contributed by atoms with Crippen molar-refractivity contribution in [3.05, 3.63) is 54.2 Å². The molecule has 1 aliphatic rings. The van der Waals surface area contributed by atoms with Gasteiger partial charge >= 0.3 is 6.18 Å². The molecule has 8 nitrogen and oxygen atoms in total. The molecule has 40 heavy (non-hydrogen) atoms. The molecule has 0 spiro atoms. The molecule has 1 aromatic carbocycles. The Morgan fingerprint density at radius 1 is 1.07 bits per heavy atom. The summed E-state index contributed by atoms with van der Waals surface area (Å²) in [5.74, 6) is 0.946. The molecule has 4 aromatic rings. The Morgan fingerprint density at radius 2 is 1.85 bits per heavy atom. The van der Waals surface area contributed by atoms with Crippen LogP contribution in [0.2, 0.25) is 0 Å². The SMILES string of the molecule is COCC(C)Oc1cccc2ccc(-c3nnc4ccc([C@@H](N5CCC(N(C)C)C5)C(F)(F)F)cn34)nc12.Cl.Cl. The number of nitrogens with zero attached hydrogens (tertiary/aromatic N) is 6. The van der Waals surface area contributed by atoms with Crippen LogP contribution in [0.15, 0.2) is 48.7 Å². The van der Waals surface area contributed by atoms with Crippen molar-refractivity contribution in [2.24, 2.45) is 0 Å². The van der Waals surface area contributed by atoms with Crippen LogP contribution >= 0.6 is 24.8 Å². The van der Waals surface area contributed by atoms with Crippen LogP contribution in [0.25, 0.3) is 28.1 Å². The van der Waals surface area contributed by atoms with Gasteiger partial charge in [-0.25, -0.2) is 4.98 Å². The predicted molar refractivity (Wildman–Crippen MR) is 153 cm³/mol. The third-order valence-corrected chi connectivity index (χ3v) is 6.98. The predicted octanol–water partition coefficient (Wildman–Crippen LogP) is 5.44. The third kappa shape index (κ3) is 6.44. The molecule has 5 rings (SSSR count). The van der Waals surface area contributed by atoms with Gasteiger partial charge in [-0.1, -0.05) is 24.3 Å². The van der Waals surface area contributed by atoms with Crippen molar-refractivity contribution in [1.82, 2.24) is 29.4 Å². The quantitative estimate of drug-likeness (QED) is 0.267. The normalized spacial score (nSPS) is 17.6. The first-order chi connectivity index (χ1) is 18.2. The van der Waals surface area contributed by atoms with Crippen molar-refractivity contribution in [2.45, 2.75) is 37.7 Å². The molecule has 218 valence electrons. The Hall–Kier alpha value is -2.70. The zero-order valence-electron chi connectivity index (χ0n) is 22.6. The fourth-order valence-electron chi connectivity index (χ4n) is 5.10. The van der Waals surface area contributed by atoms with Gasteiger partial charge in [0, 0.05) is 37.8 Å². The molecule has 0 N–H and O–H groups in total. The average Bonchev–Trinajstić information content (AvgIpc) is 3.51. The molecule has 0 saturated carbocycles. The molecule has 3 aromatic heterocycles. The first-order valence-electron chi connectivity index (χ1n) is 12.5. The molecule has 0 bridgehead atoms. The molecule has 1 fully saturated rings. The number of alkyl halides is 3. The second-order valence-corrected chi connectivity index (χ2v) is 9.97. The standard InChI is InChI=1S/C27H31F3N6O2.2ClH/c1-17(16-37-4)38-22-7-5-6-18-8-10-21(31-24(18)22)26-33-32-23-11-9-19(14-36(23)26)25(27(28,29)30)35-13-12-20(15-35)34(2)3;;/h5-11,14,17,20,25H,12-13,15-16H2,1-4H3;2*1H/t17?,20?,25-;;/m1../s1. The second-order valence-electron chi connectivity index (χ2n) is 9.97. The van der Waals surface area contributed by atoms with Gasteiger partial charge in [-0.2, -0.15) is 13.2 Å². The summed E-state index contributed by atoms with van der Waals surface area (Å²) in [4.78, 5) is 8.27. The van der Waals surface area contributed by atoms with Crippen molar-refractivity contribution in [2.75, 3.05) is 40.9 Å². The van der Waals surface area contributed by atoms with Crippen LogP contribution in [-0.4, -0.2) is 88.6 Å². The number of fused-ring (bicyclic) bond motifs is 2. The van der Waals surface area contributed by atoms with Gasteiger partial charge in [0.05, 0.1) is 6.61 Å². The van der Waals surface area contributed by atoms with Crippen LogP contribution in [0.3, 0.4) is 0 Å². The molecule has 13 heteroatoms. The number of benzene rings is 1. The van der Waals surface area contributed by atoms with E-state index in [1.54, 1.807) is 23.6 Å². The van der Waals surface area contributed by atoms with Crippen LogP contribution in [0, 0.1) is 0 Å². The van der Waals surface area contributed by atoms with E-state index in [4.69, 9.17) is 14.5 Å². The minimum Gasteiger partial charge on any atom is -0.486 e. The molecule has 1 saturated heterocycles. The Labute approximate surface area is 243 Å². The highest BCUT2D eigenvalue weighted by atomic mass is 35.5. The number of halogens is 5. The zero-order chi connectivity index (χ0) is 27.0. The summed E-state index contributed by atoms with van der Waals surface area (Å²) in [6.07, 6.45) is -2.45. The lowest BCUT2D eigenvalue weighted by atomic mass is 10.1. The summed E-state index contributed by atoms with van der Waals surface area (Å²) in [6, 6.07) is 10.7. The maximum atomic E-state index is 14.4. The fraction of sp³-hybridized carbons (Fsp3) is 0.444. The molecule has 0 radical (unpaired) electrons. The van der Waals surface area contributed by atoms with Crippen LogP contribution < -0.4 is 4.74 Å². The summed E-state index contributed by atoms with van der Waals surface area (Å²) < 4.78 is 55.9. The molecule has 0 aliphatic carbocycles. The van der Waals surface area contributed by atoms with Gasteiger partial charge in [0.15, 0.2) is 11.5 Å². The zero-order valence-corrected chi connectivity index (χ0v) is 24.3. The Balaban J connectivity index is 0.00000220. The van der Waals surface area contributed by atoms with Crippen LogP contribution in [0.4, 0.5) is 13.2 Å².